The number of ether oxygens (including phenoxy) is 2. The number of benzene rings is 2. The molecule has 0 radical (unpaired) electrons. The van der Waals surface area contributed by atoms with Crippen molar-refractivity contribution in [3.8, 4) is 11.5 Å². The minimum Gasteiger partial charge on any atom is -0.497 e. The molecule has 3 rings (SSSR count). The Morgan fingerprint density at radius 1 is 1.08 bits per heavy atom. The fourth-order valence-electron chi connectivity index (χ4n) is 3.02. The normalized spacial score (nSPS) is 14.2. The molecule has 2 aromatic carbocycles. The van der Waals surface area contributed by atoms with Gasteiger partial charge in [0.1, 0.15) is 11.5 Å². The lowest BCUT2D eigenvalue weighted by atomic mass is 9.99. The molecule has 26 heavy (non-hydrogen) atoms. The molecule has 0 saturated carbocycles. The van der Waals surface area contributed by atoms with Crippen LogP contribution in [0.2, 0.25) is 0 Å². The van der Waals surface area contributed by atoms with Crippen LogP contribution in [0.25, 0.3) is 11.6 Å². The third-order valence-corrected chi connectivity index (χ3v) is 4.51. The molecule has 0 bridgehead atoms. The molecular formula is C22H23NO3. The van der Waals surface area contributed by atoms with Gasteiger partial charge in [-0.15, -0.1) is 0 Å². The molecule has 0 fully saturated rings. The van der Waals surface area contributed by atoms with Crippen LogP contribution in [0, 0.1) is 0 Å². The van der Waals surface area contributed by atoms with Gasteiger partial charge >= 0.3 is 0 Å². The number of hydrogen-bond donors (Lipinski definition) is 0. The zero-order chi connectivity index (χ0) is 18.4. The highest BCUT2D eigenvalue weighted by atomic mass is 16.5. The molecule has 1 aliphatic heterocycles. The van der Waals surface area contributed by atoms with Gasteiger partial charge in [-0.1, -0.05) is 36.4 Å². The van der Waals surface area contributed by atoms with Crippen LogP contribution in [0.5, 0.6) is 11.5 Å². The molecule has 2 aromatic rings. The molecule has 0 aromatic heterocycles. The van der Waals surface area contributed by atoms with Gasteiger partial charge in [0.05, 0.1) is 14.2 Å². The number of hydrogen-bond acceptors (Lipinski definition) is 3. The second-order valence-electron chi connectivity index (χ2n) is 6.07. The monoisotopic (exact) mass is 349 g/mol. The standard InChI is InChI=1S/C22H23NO3/c1-25-20-9-10-21(26-2)19(16-20)8-11-22(24)23-14-12-18(13-15-23)17-6-4-3-5-7-17/h3-12,16H,13-15H2,1-2H3. The molecule has 0 aliphatic carbocycles. The Morgan fingerprint density at radius 3 is 2.54 bits per heavy atom. The molecule has 134 valence electrons. The fraction of sp³-hybridized carbons (Fsp3) is 0.227. The summed E-state index contributed by atoms with van der Waals surface area (Å²) in [7, 11) is 3.23. The smallest absolute Gasteiger partial charge is 0.246 e. The first-order chi connectivity index (χ1) is 12.7. The number of carbonyl (C=O) groups is 1. The van der Waals surface area contributed by atoms with Crippen molar-refractivity contribution in [2.24, 2.45) is 0 Å². The first-order valence-corrected chi connectivity index (χ1v) is 8.64. The van der Waals surface area contributed by atoms with Gasteiger partial charge in [0.15, 0.2) is 0 Å². The van der Waals surface area contributed by atoms with Gasteiger partial charge in [0, 0.05) is 24.7 Å². The van der Waals surface area contributed by atoms with Crippen molar-refractivity contribution in [2.75, 3.05) is 27.3 Å². The molecule has 0 N–H and O–H groups in total. The number of nitrogens with zero attached hydrogens (tertiary/aromatic N) is 1. The van der Waals surface area contributed by atoms with Crippen LogP contribution in [0.15, 0.2) is 60.7 Å². The third kappa shape index (κ3) is 4.14. The van der Waals surface area contributed by atoms with Gasteiger partial charge in [-0.3, -0.25) is 4.79 Å². The molecule has 1 heterocycles. The quantitative estimate of drug-likeness (QED) is 0.765. The highest BCUT2D eigenvalue weighted by molar-refractivity contribution is 5.92. The van der Waals surface area contributed by atoms with E-state index in [1.165, 1.54) is 11.1 Å². The Morgan fingerprint density at radius 2 is 1.88 bits per heavy atom. The van der Waals surface area contributed by atoms with E-state index in [4.69, 9.17) is 9.47 Å². The summed E-state index contributed by atoms with van der Waals surface area (Å²) in [4.78, 5) is 14.3. The second kappa shape index (κ2) is 8.39. The molecule has 0 unspecified atom stereocenters. The van der Waals surface area contributed by atoms with Crippen molar-refractivity contribution in [1.82, 2.24) is 4.90 Å². The van der Waals surface area contributed by atoms with Crippen molar-refractivity contribution in [3.63, 3.8) is 0 Å². The van der Waals surface area contributed by atoms with Gasteiger partial charge in [-0.2, -0.15) is 0 Å². The summed E-state index contributed by atoms with van der Waals surface area (Å²) in [5.41, 5.74) is 3.35. The Balaban J connectivity index is 1.68. The summed E-state index contributed by atoms with van der Waals surface area (Å²) in [6, 6.07) is 15.8. The Hall–Kier alpha value is -3.01. The molecule has 1 amide bonds. The average Bonchev–Trinajstić information content (AvgIpc) is 2.72. The Bertz CT molecular complexity index is 825. The van der Waals surface area contributed by atoms with Crippen molar-refractivity contribution >= 4 is 17.6 Å². The highest BCUT2D eigenvalue weighted by Crippen LogP contribution is 2.26. The number of rotatable bonds is 5. The van der Waals surface area contributed by atoms with Crippen LogP contribution >= 0.6 is 0 Å². The van der Waals surface area contributed by atoms with Crippen LogP contribution in [-0.4, -0.2) is 38.1 Å². The van der Waals surface area contributed by atoms with E-state index in [0.29, 0.717) is 12.3 Å². The lowest BCUT2D eigenvalue weighted by Crippen LogP contribution is -2.33. The maximum Gasteiger partial charge on any atom is 0.246 e. The molecule has 0 spiro atoms. The second-order valence-corrected chi connectivity index (χ2v) is 6.07. The van der Waals surface area contributed by atoms with Gasteiger partial charge in [-0.05, 0) is 41.8 Å². The first-order valence-electron chi connectivity index (χ1n) is 8.64. The molecule has 4 heteroatoms. The van der Waals surface area contributed by atoms with E-state index in [1.54, 1.807) is 26.4 Å². The van der Waals surface area contributed by atoms with Gasteiger partial charge in [0.2, 0.25) is 5.91 Å². The lowest BCUT2D eigenvalue weighted by molar-refractivity contribution is -0.125. The third-order valence-electron chi connectivity index (χ3n) is 4.51. The van der Waals surface area contributed by atoms with Crippen LogP contribution in [0.4, 0.5) is 0 Å². The molecule has 0 saturated heterocycles. The topological polar surface area (TPSA) is 38.8 Å². The molecular weight excluding hydrogens is 326 g/mol. The van der Waals surface area contributed by atoms with E-state index >= 15 is 0 Å². The summed E-state index contributed by atoms with van der Waals surface area (Å²) in [6.07, 6.45) is 6.38. The average molecular weight is 349 g/mol. The zero-order valence-electron chi connectivity index (χ0n) is 15.1. The lowest BCUT2D eigenvalue weighted by Gasteiger charge is -2.25. The van der Waals surface area contributed by atoms with Gasteiger partial charge < -0.3 is 14.4 Å². The van der Waals surface area contributed by atoms with E-state index in [2.05, 4.69) is 18.2 Å². The predicted molar refractivity (Wildman–Crippen MR) is 104 cm³/mol. The van der Waals surface area contributed by atoms with Crippen molar-refractivity contribution in [3.05, 3.63) is 71.8 Å². The first kappa shape index (κ1) is 17.8. The summed E-state index contributed by atoms with van der Waals surface area (Å²) < 4.78 is 10.6. The predicted octanol–water partition coefficient (Wildman–Crippen LogP) is 4.03. The van der Waals surface area contributed by atoms with Crippen molar-refractivity contribution < 1.29 is 14.3 Å². The van der Waals surface area contributed by atoms with E-state index in [1.807, 2.05) is 41.3 Å². The minimum absolute atomic E-state index is 0.00163. The van der Waals surface area contributed by atoms with Crippen LogP contribution in [0.3, 0.4) is 0 Å². The maximum absolute atomic E-state index is 12.5. The Labute approximate surface area is 154 Å². The summed E-state index contributed by atoms with van der Waals surface area (Å²) >= 11 is 0. The number of carbonyl (C=O) groups excluding carboxylic acids is 1. The fourth-order valence-corrected chi connectivity index (χ4v) is 3.02. The summed E-state index contributed by atoms with van der Waals surface area (Å²) in [6.45, 7) is 1.35. The maximum atomic E-state index is 12.5. The van der Waals surface area contributed by atoms with Gasteiger partial charge in [-0.25, -0.2) is 0 Å². The summed E-state index contributed by atoms with van der Waals surface area (Å²) in [5, 5.41) is 0. The van der Waals surface area contributed by atoms with E-state index in [-0.39, 0.29) is 5.91 Å². The van der Waals surface area contributed by atoms with E-state index in [0.717, 1.165) is 24.3 Å². The largest absolute Gasteiger partial charge is 0.497 e. The zero-order valence-corrected chi connectivity index (χ0v) is 15.1. The van der Waals surface area contributed by atoms with Gasteiger partial charge in [0.25, 0.3) is 0 Å². The van der Waals surface area contributed by atoms with Crippen molar-refractivity contribution in [1.29, 1.82) is 0 Å². The number of amides is 1. The number of methoxy groups -OCH3 is 2. The van der Waals surface area contributed by atoms with E-state index in [9.17, 15) is 4.79 Å². The SMILES string of the molecule is COc1ccc(OC)c(C=CC(=O)N2CC=C(c3ccccc3)CC2)c1. The van der Waals surface area contributed by atoms with Crippen LogP contribution < -0.4 is 9.47 Å². The van der Waals surface area contributed by atoms with Crippen LogP contribution in [-0.2, 0) is 4.79 Å². The van der Waals surface area contributed by atoms with Crippen molar-refractivity contribution in [2.45, 2.75) is 6.42 Å². The minimum atomic E-state index is -0.00163. The molecule has 4 nitrogen and oxygen atoms in total. The highest BCUT2D eigenvalue weighted by Gasteiger charge is 2.16. The molecule has 1 aliphatic rings. The molecule has 0 atom stereocenters. The summed E-state index contributed by atoms with van der Waals surface area (Å²) in [5.74, 6) is 1.43. The Kier molecular flexibility index (Phi) is 5.74. The van der Waals surface area contributed by atoms with Crippen LogP contribution in [0.1, 0.15) is 17.5 Å². The van der Waals surface area contributed by atoms with E-state index < -0.39 is 0 Å².